The highest BCUT2D eigenvalue weighted by Crippen LogP contribution is 1.97. The van der Waals surface area contributed by atoms with Crippen LogP contribution < -0.4 is 5.32 Å². The molecule has 0 fully saturated rings. The van der Waals surface area contributed by atoms with Gasteiger partial charge in [0.15, 0.2) is 0 Å². The average molecular weight is 177 g/mol. The Morgan fingerprint density at radius 1 is 1.55 bits per heavy atom. The fourth-order valence-electron chi connectivity index (χ4n) is 0.845. The Bertz CT molecular complexity index is 80.5. The first-order valence-corrected chi connectivity index (χ1v) is 5.51. The van der Waals surface area contributed by atoms with E-state index < -0.39 is 0 Å². The molecular formula is C8H19NOS. The summed E-state index contributed by atoms with van der Waals surface area (Å²) in [6.07, 6.45) is 3.02. The van der Waals surface area contributed by atoms with Crippen molar-refractivity contribution in [1.82, 2.24) is 5.32 Å². The predicted molar refractivity (Wildman–Crippen MR) is 52.1 cm³/mol. The van der Waals surface area contributed by atoms with Crippen molar-refractivity contribution in [3.05, 3.63) is 0 Å². The third kappa shape index (κ3) is 8.17. The second-order valence-corrected chi connectivity index (χ2v) is 3.80. The molecule has 0 bridgehead atoms. The van der Waals surface area contributed by atoms with Crippen molar-refractivity contribution >= 4 is 11.8 Å². The first kappa shape index (κ1) is 11.3. The molecule has 0 aromatic heterocycles. The molecule has 3 heteroatoms. The van der Waals surface area contributed by atoms with Crippen LogP contribution in [0.2, 0.25) is 0 Å². The Hall–Kier alpha value is 0.270. The number of nitrogens with one attached hydrogen (secondary N) is 1. The van der Waals surface area contributed by atoms with Crippen LogP contribution in [0.15, 0.2) is 0 Å². The fourth-order valence-corrected chi connectivity index (χ4v) is 1.19. The molecule has 1 unspecified atom stereocenters. The summed E-state index contributed by atoms with van der Waals surface area (Å²) in [5.74, 6) is 1.77. The van der Waals surface area contributed by atoms with E-state index in [0.29, 0.717) is 12.5 Å². The lowest BCUT2D eigenvalue weighted by Gasteiger charge is -2.09. The summed E-state index contributed by atoms with van der Waals surface area (Å²) in [6, 6.07) is 0. The smallest absolute Gasteiger partial charge is 0.0434 e. The minimum Gasteiger partial charge on any atom is -0.396 e. The van der Waals surface area contributed by atoms with Crippen LogP contribution in [0.25, 0.3) is 0 Å². The highest BCUT2D eigenvalue weighted by Gasteiger charge is 1.98. The molecule has 0 aromatic rings. The van der Waals surface area contributed by atoms with E-state index in [0.717, 1.165) is 19.5 Å². The quantitative estimate of drug-likeness (QED) is 0.568. The van der Waals surface area contributed by atoms with Gasteiger partial charge in [-0.05, 0) is 25.1 Å². The Kier molecular flexibility index (Phi) is 8.57. The van der Waals surface area contributed by atoms with E-state index >= 15 is 0 Å². The van der Waals surface area contributed by atoms with Crippen LogP contribution in [0.4, 0.5) is 0 Å². The van der Waals surface area contributed by atoms with Crippen LogP contribution in [-0.4, -0.2) is 36.8 Å². The molecule has 0 radical (unpaired) electrons. The molecule has 0 aliphatic carbocycles. The molecule has 2 nitrogen and oxygen atoms in total. The molecule has 0 saturated heterocycles. The molecule has 0 amide bonds. The van der Waals surface area contributed by atoms with Crippen molar-refractivity contribution in [3.8, 4) is 0 Å². The maximum absolute atomic E-state index is 8.61. The third-order valence-electron chi connectivity index (χ3n) is 1.60. The maximum atomic E-state index is 8.61. The van der Waals surface area contributed by atoms with E-state index in [1.807, 2.05) is 11.8 Å². The molecule has 0 saturated carbocycles. The molecule has 1 atom stereocenters. The molecule has 0 rings (SSSR count). The number of rotatable bonds is 7. The zero-order valence-corrected chi connectivity index (χ0v) is 8.28. The van der Waals surface area contributed by atoms with Crippen molar-refractivity contribution < 1.29 is 5.11 Å². The molecule has 0 heterocycles. The van der Waals surface area contributed by atoms with Crippen LogP contribution >= 0.6 is 11.8 Å². The topological polar surface area (TPSA) is 32.3 Å². The van der Waals surface area contributed by atoms with Gasteiger partial charge in [-0.15, -0.1) is 0 Å². The van der Waals surface area contributed by atoms with E-state index in [9.17, 15) is 0 Å². The van der Waals surface area contributed by atoms with Crippen molar-refractivity contribution in [2.75, 3.05) is 31.7 Å². The second kappa shape index (κ2) is 8.37. The Labute approximate surface area is 73.8 Å². The second-order valence-electron chi connectivity index (χ2n) is 2.81. The van der Waals surface area contributed by atoms with Gasteiger partial charge in [0.05, 0.1) is 0 Å². The average Bonchev–Trinajstić information content (AvgIpc) is 1.99. The van der Waals surface area contributed by atoms with Gasteiger partial charge in [-0.2, -0.15) is 11.8 Å². The third-order valence-corrected chi connectivity index (χ3v) is 2.21. The molecule has 11 heavy (non-hydrogen) atoms. The van der Waals surface area contributed by atoms with Gasteiger partial charge in [0.1, 0.15) is 0 Å². The van der Waals surface area contributed by atoms with E-state index in [4.69, 9.17) is 5.11 Å². The lowest BCUT2D eigenvalue weighted by atomic mass is 10.1. The summed E-state index contributed by atoms with van der Waals surface area (Å²) in [7, 11) is 0. The molecule has 0 aliphatic rings. The zero-order chi connectivity index (χ0) is 8.53. The van der Waals surface area contributed by atoms with Crippen LogP contribution in [-0.2, 0) is 0 Å². The standard InChI is InChI=1S/C8H19NOS/c1-8(3-5-10)7-9-4-6-11-2/h8-10H,3-7H2,1-2H3. The van der Waals surface area contributed by atoms with Gasteiger partial charge >= 0.3 is 0 Å². The monoisotopic (exact) mass is 177 g/mol. The first-order chi connectivity index (χ1) is 5.31. The minimum atomic E-state index is 0.311. The summed E-state index contributed by atoms with van der Waals surface area (Å²) in [5, 5.41) is 11.9. The molecule has 0 spiro atoms. The molecule has 0 aliphatic heterocycles. The Morgan fingerprint density at radius 2 is 2.27 bits per heavy atom. The van der Waals surface area contributed by atoms with Crippen LogP contribution in [0.3, 0.4) is 0 Å². The van der Waals surface area contributed by atoms with Crippen molar-refractivity contribution in [1.29, 1.82) is 0 Å². The SMILES string of the molecule is CSCCNCC(C)CCO. The van der Waals surface area contributed by atoms with Gasteiger partial charge in [0.2, 0.25) is 0 Å². The fraction of sp³-hybridized carbons (Fsp3) is 1.00. The lowest BCUT2D eigenvalue weighted by Crippen LogP contribution is -2.23. The zero-order valence-electron chi connectivity index (χ0n) is 7.47. The van der Waals surface area contributed by atoms with Gasteiger partial charge in [-0.1, -0.05) is 6.92 Å². The summed E-state index contributed by atoms with van der Waals surface area (Å²) >= 11 is 1.85. The minimum absolute atomic E-state index is 0.311. The Morgan fingerprint density at radius 3 is 2.82 bits per heavy atom. The summed E-state index contributed by atoms with van der Waals surface area (Å²) < 4.78 is 0. The van der Waals surface area contributed by atoms with Crippen LogP contribution in [0.1, 0.15) is 13.3 Å². The van der Waals surface area contributed by atoms with Crippen LogP contribution in [0, 0.1) is 5.92 Å². The number of hydrogen-bond donors (Lipinski definition) is 2. The maximum Gasteiger partial charge on any atom is 0.0434 e. The number of aliphatic hydroxyl groups excluding tert-OH is 1. The summed E-state index contributed by atoms with van der Waals surface area (Å²) in [5.41, 5.74) is 0. The molecule has 2 N–H and O–H groups in total. The molecule has 0 aromatic carbocycles. The first-order valence-electron chi connectivity index (χ1n) is 4.11. The van der Waals surface area contributed by atoms with Gasteiger partial charge in [-0.25, -0.2) is 0 Å². The number of thioether (sulfide) groups is 1. The Balaban J connectivity index is 2.97. The normalized spacial score (nSPS) is 13.4. The summed E-state index contributed by atoms with van der Waals surface area (Å²) in [4.78, 5) is 0. The van der Waals surface area contributed by atoms with E-state index in [1.54, 1.807) is 0 Å². The number of hydrogen-bond acceptors (Lipinski definition) is 3. The summed E-state index contributed by atoms with van der Waals surface area (Å²) in [6.45, 7) is 4.58. The van der Waals surface area contributed by atoms with Crippen LogP contribution in [0.5, 0.6) is 0 Å². The van der Waals surface area contributed by atoms with E-state index in [-0.39, 0.29) is 0 Å². The lowest BCUT2D eigenvalue weighted by molar-refractivity contribution is 0.260. The number of aliphatic hydroxyl groups is 1. The van der Waals surface area contributed by atoms with Gasteiger partial charge in [0, 0.05) is 18.9 Å². The molecular weight excluding hydrogens is 158 g/mol. The van der Waals surface area contributed by atoms with E-state index in [2.05, 4.69) is 18.5 Å². The molecule has 68 valence electrons. The van der Waals surface area contributed by atoms with Crippen molar-refractivity contribution in [3.63, 3.8) is 0 Å². The van der Waals surface area contributed by atoms with E-state index in [1.165, 1.54) is 5.75 Å². The highest BCUT2D eigenvalue weighted by molar-refractivity contribution is 7.98. The van der Waals surface area contributed by atoms with Gasteiger partial charge < -0.3 is 10.4 Å². The largest absolute Gasteiger partial charge is 0.396 e. The van der Waals surface area contributed by atoms with Crippen molar-refractivity contribution in [2.45, 2.75) is 13.3 Å². The highest BCUT2D eigenvalue weighted by atomic mass is 32.2. The van der Waals surface area contributed by atoms with Gasteiger partial charge in [0.25, 0.3) is 0 Å². The van der Waals surface area contributed by atoms with Crippen molar-refractivity contribution in [2.24, 2.45) is 5.92 Å². The van der Waals surface area contributed by atoms with Gasteiger partial charge in [-0.3, -0.25) is 0 Å². The predicted octanol–water partition coefficient (Wildman–Crippen LogP) is 0.957.